The van der Waals surface area contributed by atoms with Gasteiger partial charge in [0.25, 0.3) is 5.91 Å². The van der Waals surface area contributed by atoms with Crippen molar-refractivity contribution in [3.05, 3.63) is 76.8 Å². The molecule has 6 nitrogen and oxygen atoms in total. The molecule has 1 aromatic heterocycles. The molecule has 1 atom stereocenters. The monoisotopic (exact) mass is 434 g/mol. The third-order valence-corrected chi connectivity index (χ3v) is 6.25. The molecule has 1 unspecified atom stereocenters. The zero-order valence-corrected chi connectivity index (χ0v) is 18.3. The summed E-state index contributed by atoms with van der Waals surface area (Å²) in [6, 6.07) is 16.4. The van der Waals surface area contributed by atoms with E-state index in [4.69, 9.17) is 0 Å². The van der Waals surface area contributed by atoms with Crippen LogP contribution in [-0.2, 0) is 4.79 Å². The van der Waals surface area contributed by atoms with Crippen molar-refractivity contribution in [3.63, 3.8) is 0 Å². The van der Waals surface area contributed by atoms with E-state index in [1.54, 1.807) is 10.3 Å². The van der Waals surface area contributed by atoms with Crippen LogP contribution in [0, 0.1) is 6.92 Å². The zero-order chi connectivity index (χ0) is 21.6. The molecule has 1 fully saturated rings. The standard InChI is InChI=1S/C24H26N4O2S/c1-17-10-8-9-15-21(17)28(24(30)20-16-31-27-26-20)22(18-11-4-2-5-12-18)23(29)25-19-13-6-3-7-14-19/h2,4-5,8-12,15-16,19,22H,3,6-7,13-14H2,1H3,(H,25,29). The maximum Gasteiger partial charge on any atom is 0.280 e. The molecule has 2 aromatic carbocycles. The Kier molecular flexibility index (Phi) is 6.72. The SMILES string of the molecule is Cc1ccccc1N(C(=O)c1csnn1)C(C(=O)NC1CCCCC1)c1ccccc1. The molecule has 0 saturated heterocycles. The van der Waals surface area contributed by atoms with Crippen LogP contribution in [0.1, 0.15) is 59.8 Å². The lowest BCUT2D eigenvalue weighted by molar-refractivity contribution is -0.123. The Hall–Kier alpha value is -3.06. The van der Waals surface area contributed by atoms with Crippen molar-refractivity contribution in [1.82, 2.24) is 14.9 Å². The van der Waals surface area contributed by atoms with Gasteiger partial charge in [0, 0.05) is 17.1 Å². The fourth-order valence-corrected chi connectivity index (χ4v) is 4.59. The smallest absolute Gasteiger partial charge is 0.280 e. The van der Waals surface area contributed by atoms with E-state index < -0.39 is 6.04 Å². The molecule has 2 amide bonds. The van der Waals surface area contributed by atoms with Gasteiger partial charge in [0.15, 0.2) is 5.69 Å². The van der Waals surface area contributed by atoms with Crippen molar-refractivity contribution in [1.29, 1.82) is 0 Å². The van der Waals surface area contributed by atoms with E-state index in [0.29, 0.717) is 5.69 Å². The molecule has 0 spiro atoms. The Morgan fingerprint density at radius 3 is 2.42 bits per heavy atom. The molecule has 0 bridgehead atoms. The molecule has 4 rings (SSSR count). The normalized spacial score (nSPS) is 15.3. The minimum absolute atomic E-state index is 0.141. The summed E-state index contributed by atoms with van der Waals surface area (Å²) in [4.78, 5) is 28.9. The number of benzene rings is 2. The van der Waals surface area contributed by atoms with E-state index >= 15 is 0 Å². The number of aromatic nitrogens is 2. The number of anilines is 1. The lowest BCUT2D eigenvalue weighted by Crippen LogP contribution is -2.47. The number of aryl methyl sites for hydroxylation is 1. The molecule has 3 aromatic rings. The Labute approximate surface area is 186 Å². The maximum absolute atomic E-state index is 13.7. The predicted octanol–water partition coefficient (Wildman–Crippen LogP) is 4.68. The summed E-state index contributed by atoms with van der Waals surface area (Å²) in [5.41, 5.74) is 2.59. The molecule has 31 heavy (non-hydrogen) atoms. The van der Waals surface area contributed by atoms with Crippen molar-refractivity contribution in [3.8, 4) is 0 Å². The van der Waals surface area contributed by atoms with Crippen molar-refractivity contribution in [2.75, 3.05) is 4.90 Å². The Bertz CT molecular complexity index is 1020. The maximum atomic E-state index is 13.7. The van der Waals surface area contributed by atoms with Crippen molar-refractivity contribution in [2.24, 2.45) is 0 Å². The van der Waals surface area contributed by atoms with Crippen molar-refractivity contribution in [2.45, 2.75) is 51.1 Å². The van der Waals surface area contributed by atoms with Gasteiger partial charge in [-0.25, -0.2) is 0 Å². The molecule has 7 heteroatoms. The van der Waals surface area contributed by atoms with E-state index in [9.17, 15) is 9.59 Å². The van der Waals surface area contributed by atoms with Gasteiger partial charge in [-0.1, -0.05) is 72.3 Å². The van der Waals surface area contributed by atoms with Gasteiger partial charge in [0.2, 0.25) is 5.91 Å². The third kappa shape index (κ3) is 4.82. The number of amides is 2. The quantitative estimate of drug-likeness (QED) is 0.611. The highest BCUT2D eigenvalue weighted by molar-refractivity contribution is 7.03. The molecular formula is C24H26N4O2S. The van der Waals surface area contributed by atoms with Crippen LogP contribution in [0.15, 0.2) is 60.0 Å². The van der Waals surface area contributed by atoms with E-state index in [-0.39, 0.29) is 23.6 Å². The lowest BCUT2D eigenvalue weighted by Gasteiger charge is -2.33. The molecule has 0 radical (unpaired) electrons. The van der Waals surface area contributed by atoms with Crippen LogP contribution >= 0.6 is 11.5 Å². The Morgan fingerprint density at radius 1 is 1.03 bits per heavy atom. The molecule has 160 valence electrons. The summed E-state index contributed by atoms with van der Waals surface area (Å²) in [5, 5.41) is 8.83. The number of carbonyl (C=O) groups is 2. The summed E-state index contributed by atoms with van der Waals surface area (Å²) >= 11 is 1.12. The van der Waals surface area contributed by atoms with Crippen LogP contribution in [0.3, 0.4) is 0 Å². The zero-order valence-electron chi connectivity index (χ0n) is 17.5. The van der Waals surface area contributed by atoms with Gasteiger partial charge in [-0.3, -0.25) is 14.5 Å². The summed E-state index contributed by atoms with van der Waals surface area (Å²) in [5.74, 6) is -0.506. The fourth-order valence-electron chi connectivity index (χ4n) is 4.16. The van der Waals surface area contributed by atoms with Crippen LogP contribution in [-0.4, -0.2) is 27.4 Å². The third-order valence-electron chi connectivity index (χ3n) is 5.75. The molecular weight excluding hydrogens is 408 g/mol. The number of para-hydroxylation sites is 1. The minimum Gasteiger partial charge on any atom is -0.351 e. The Morgan fingerprint density at radius 2 is 1.74 bits per heavy atom. The molecule has 1 saturated carbocycles. The van der Waals surface area contributed by atoms with Crippen LogP contribution < -0.4 is 10.2 Å². The van der Waals surface area contributed by atoms with Gasteiger partial charge >= 0.3 is 0 Å². The summed E-state index contributed by atoms with van der Waals surface area (Å²) < 4.78 is 3.86. The predicted molar refractivity (Wildman–Crippen MR) is 122 cm³/mol. The van der Waals surface area contributed by atoms with Gasteiger partial charge in [0.1, 0.15) is 6.04 Å². The van der Waals surface area contributed by atoms with Crippen LogP contribution in [0.2, 0.25) is 0 Å². The van der Waals surface area contributed by atoms with Gasteiger partial charge in [-0.15, -0.1) is 5.10 Å². The first kappa shape index (κ1) is 21.2. The number of hydrogen-bond donors (Lipinski definition) is 1. The topological polar surface area (TPSA) is 75.2 Å². The summed E-state index contributed by atoms with van der Waals surface area (Å²) in [6.07, 6.45) is 5.39. The van der Waals surface area contributed by atoms with Crippen LogP contribution in [0.4, 0.5) is 5.69 Å². The second kappa shape index (κ2) is 9.83. The van der Waals surface area contributed by atoms with Gasteiger partial charge in [-0.05, 0) is 48.5 Å². The van der Waals surface area contributed by atoms with Crippen LogP contribution in [0.25, 0.3) is 0 Å². The van der Waals surface area contributed by atoms with Gasteiger partial charge in [-0.2, -0.15) is 0 Å². The molecule has 1 aliphatic carbocycles. The Balaban J connectivity index is 1.78. The number of carbonyl (C=O) groups excluding carboxylic acids is 2. The number of nitrogens with zero attached hydrogens (tertiary/aromatic N) is 3. The first-order valence-corrected chi connectivity index (χ1v) is 11.5. The van der Waals surface area contributed by atoms with Crippen molar-refractivity contribution < 1.29 is 9.59 Å². The van der Waals surface area contributed by atoms with E-state index in [1.807, 2.05) is 61.5 Å². The molecule has 1 aliphatic rings. The van der Waals surface area contributed by atoms with E-state index in [2.05, 4.69) is 14.9 Å². The van der Waals surface area contributed by atoms with Gasteiger partial charge < -0.3 is 5.32 Å². The average molecular weight is 435 g/mol. The second-order valence-electron chi connectivity index (χ2n) is 7.91. The highest BCUT2D eigenvalue weighted by atomic mass is 32.1. The first-order chi connectivity index (χ1) is 15.1. The van der Waals surface area contributed by atoms with E-state index in [0.717, 1.165) is 48.3 Å². The number of nitrogens with one attached hydrogen (secondary N) is 1. The summed E-state index contributed by atoms with van der Waals surface area (Å²) in [6.45, 7) is 1.94. The van der Waals surface area contributed by atoms with Crippen LogP contribution in [0.5, 0.6) is 0 Å². The highest BCUT2D eigenvalue weighted by Gasteiger charge is 2.36. The highest BCUT2D eigenvalue weighted by Crippen LogP contribution is 2.32. The minimum atomic E-state index is -0.807. The van der Waals surface area contributed by atoms with Gasteiger partial charge in [0.05, 0.1) is 0 Å². The second-order valence-corrected chi connectivity index (χ2v) is 8.52. The molecule has 1 N–H and O–H groups in total. The summed E-state index contributed by atoms with van der Waals surface area (Å²) in [7, 11) is 0. The average Bonchev–Trinajstić information content (AvgIpc) is 3.34. The van der Waals surface area contributed by atoms with E-state index in [1.165, 1.54) is 6.42 Å². The molecule has 0 aliphatic heterocycles. The largest absolute Gasteiger partial charge is 0.351 e. The fraction of sp³-hybridized carbons (Fsp3) is 0.333. The molecule has 1 heterocycles. The number of hydrogen-bond acceptors (Lipinski definition) is 5. The lowest BCUT2D eigenvalue weighted by atomic mass is 9.94. The van der Waals surface area contributed by atoms with Crippen molar-refractivity contribution >= 4 is 29.0 Å². The first-order valence-electron chi connectivity index (χ1n) is 10.7. The number of rotatable bonds is 6.